The third kappa shape index (κ3) is 5.29. The number of carbonyl (C=O) groups is 1. The molecule has 168 valence electrons. The van der Waals surface area contributed by atoms with Crippen molar-refractivity contribution in [1.29, 1.82) is 5.26 Å². The van der Waals surface area contributed by atoms with Crippen LogP contribution >= 0.6 is 11.6 Å². The summed E-state index contributed by atoms with van der Waals surface area (Å²) in [5.41, 5.74) is 6.18. The van der Waals surface area contributed by atoms with Gasteiger partial charge in [0.1, 0.15) is 17.5 Å². The smallest absolute Gasteiger partial charge is 0.259 e. The summed E-state index contributed by atoms with van der Waals surface area (Å²) >= 11 is 6.18. The highest BCUT2D eigenvalue weighted by Gasteiger charge is 2.33. The highest BCUT2D eigenvalue weighted by molar-refractivity contribution is 6.31. The van der Waals surface area contributed by atoms with Gasteiger partial charge in [0.15, 0.2) is 0 Å². The summed E-state index contributed by atoms with van der Waals surface area (Å²) in [6.07, 6.45) is 1.13. The van der Waals surface area contributed by atoms with Crippen LogP contribution in [0.5, 0.6) is 0 Å². The van der Waals surface area contributed by atoms with Gasteiger partial charge in [0.25, 0.3) is 5.91 Å². The number of pyridine rings is 1. The van der Waals surface area contributed by atoms with Crippen LogP contribution in [0.4, 0.5) is 24.7 Å². The molecule has 2 heterocycles. The van der Waals surface area contributed by atoms with Crippen molar-refractivity contribution in [2.75, 3.05) is 23.3 Å². The topological polar surface area (TPSA) is 107 Å². The number of nitrogens with zero attached hydrogens (tertiary/aromatic N) is 4. The normalized spacial score (nSPS) is 16.2. The van der Waals surface area contributed by atoms with E-state index in [1.807, 2.05) is 0 Å². The van der Waals surface area contributed by atoms with Crippen LogP contribution in [0.15, 0.2) is 29.3 Å². The fraction of sp³-hybridized carbons (Fsp3) is 0.333. The van der Waals surface area contributed by atoms with Crippen molar-refractivity contribution < 1.29 is 18.0 Å². The summed E-state index contributed by atoms with van der Waals surface area (Å²) in [5, 5.41) is 11.5. The Morgan fingerprint density at radius 3 is 2.78 bits per heavy atom. The van der Waals surface area contributed by atoms with Crippen molar-refractivity contribution in [3.63, 3.8) is 0 Å². The lowest BCUT2D eigenvalue weighted by Gasteiger charge is -2.24. The van der Waals surface area contributed by atoms with E-state index < -0.39 is 17.6 Å². The lowest BCUT2D eigenvalue weighted by molar-refractivity contribution is -0.0102. The number of aryl methyl sites for hydroxylation is 1. The number of aromatic nitrogens is 1. The summed E-state index contributed by atoms with van der Waals surface area (Å²) in [6, 6.07) is 5.04. The largest absolute Gasteiger partial charge is 0.382 e. The first-order valence-electron chi connectivity index (χ1n) is 9.75. The van der Waals surface area contributed by atoms with E-state index in [2.05, 4.69) is 15.3 Å². The first kappa shape index (κ1) is 23.3. The number of hydrogen-bond acceptors (Lipinski definition) is 5. The first-order valence-corrected chi connectivity index (χ1v) is 10.1. The number of alkyl halides is 2. The van der Waals surface area contributed by atoms with Crippen molar-refractivity contribution >= 4 is 34.8 Å². The van der Waals surface area contributed by atoms with E-state index in [-0.39, 0.29) is 59.3 Å². The molecule has 11 heteroatoms. The van der Waals surface area contributed by atoms with Gasteiger partial charge in [-0.2, -0.15) is 10.3 Å². The minimum Gasteiger partial charge on any atom is -0.382 e. The molecule has 0 atom stereocenters. The molecule has 1 aromatic carbocycles. The second-order valence-electron chi connectivity index (χ2n) is 7.37. The number of anilines is 2. The zero-order chi connectivity index (χ0) is 23.5. The number of nitrogens with two attached hydrogens (primary N) is 1. The number of carbonyl (C=O) groups excluding carboxylic acids is 1. The molecular weight excluding hydrogens is 445 g/mol. The number of hydrogen-bond donors (Lipinski definition) is 2. The molecule has 1 saturated heterocycles. The molecule has 3 N–H and O–H groups in total. The Bertz CT molecular complexity index is 1120. The fourth-order valence-electron chi connectivity index (χ4n) is 3.36. The third-order valence-electron chi connectivity index (χ3n) is 5.06. The van der Waals surface area contributed by atoms with Crippen LogP contribution in [0.1, 0.15) is 40.9 Å². The standard InChI is InChI=1S/C21H20ClF3N6O/c1-12-16(22)10-15(19(29-12)31-7-2-5-21(24,25)6-8-31)20(32)30-13-3-4-17(23)14(9-13)18(27)28-11-26/h3-4,9-10H,2,5-8H2,1H3,(H2,27,28)(H,30,32). The molecule has 2 aromatic rings. The van der Waals surface area contributed by atoms with Gasteiger partial charge in [-0.05, 0) is 37.6 Å². The van der Waals surface area contributed by atoms with Gasteiger partial charge in [0.2, 0.25) is 12.1 Å². The van der Waals surface area contributed by atoms with Crippen LogP contribution in [0.2, 0.25) is 5.02 Å². The number of amidine groups is 1. The molecule has 32 heavy (non-hydrogen) atoms. The zero-order valence-electron chi connectivity index (χ0n) is 17.1. The molecule has 1 aliphatic heterocycles. The van der Waals surface area contributed by atoms with Crippen LogP contribution in [-0.2, 0) is 0 Å². The highest BCUT2D eigenvalue weighted by atomic mass is 35.5. The molecule has 1 fully saturated rings. The summed E-state index contributed by atoms with van der Waals surface area (Å²) in [6.45, 7) is 2.00. The molecule has 7 nitrogen and oxygen atoms in total. The van der Waals surface area contributed by atoms with Crippen molar-refractivity contribution in [3.05, 3.63) is 51.9 Å². The maximum absolute atomic E-state index is 14.0. The van der Waals surface area contributed by atoms with Crippen molar-refractivity contribution in [2.45, 2.75) is 32.1 Å². The molecular formula is C21H20ClF3N6O. The van der Waals surface area contributed by atoms with E-state index in [1.54, 1.807) is 11.8 Å². The van der Waals surface area contributed by atoms with Gasteiger partial charge in [0, 0.05) is 31.6 Å². The summed E-state index contributed by atoms with van der Waals surface area (Å²) in [7, 11) is 0. The average Bonchev–Trinajstić information content (AvgIpc) is 2.91. The van der Waals surface area contributed by atoms with Crippen LogP contribution in [0.3, 0.4) is 0 Å². The van der Waals surface area contributed by atoms with E-state index in [9.17, 15) is 18.0 Å². The van der Waals surface area contributed by atoms with Gasteiger partial charge in [-0.3, -0.25) is 4.79 Å². The van der Waals surface area contributed by atoms with Crippen molar-refractivity contribution in [3.8, 4) is 6.19 Å². The second kappa shape index (κ2) is 9.44. The second-order valence-corrected chi connectivity index (χ2v) is 7.78. The molecule has 0 aliphatic carbocycles. The average molecular weight is 465 g/mol. The van der Waals surface area contributed by atoms with Gasteiger partial charge in [-0.25, -0.2) is 18.2 Å². The van der Waals surface area contributed by atoms with E-state index in [0.717, 1.165) is 6.07 Å². The van der Waals surface area contributed by atoms with Gasteiger partial charge in [-0.1, -0.05) is 11.6 Å². The highest BCUT2D eigenvalue weighted by Crippen LogP contribution is 2.32. The van der Waals surface area contributed by atoms with Crippen molar-refractivity contribution in [1.82, 2.24) is 4.98 Å². The fourth-order valence-corrected chi connectivity index (χ4v) is 3.52. The van der Waals surface area contributed by atoms with Gasteiger partial charge in [-0.15, -0.1) is 0 Å². The lowest BCUT2D eigenvalue weighted by Crippen LogP contribution is -2.29. The quantitative estimate of drug-likeness (QED) is 0.399. The SMILES string of the molecule is Cc1nc(N2CCCC(F)(F)CC2)c(C(=O)Nc2ccc(F)c(C(N)=NC#N)c2)cc1Cl. The molecule has 3 rings (SSSR count). The van der Waals surface area contributed by atoms with Crippen LogP contribution in [0.25, 0.3) is 0 Å². The predicted octanol–water partition coefficient (Wildman–Crippen LogP) is 4.25. The Balaban J connectivity index is 1.94. The molecule has 1 aliphatic rings. The molecule has 0 unspecified atom stereocenters. The Morgan fingerprint density at radius 1 is 1.31 bits per heavy atom. The minimum absolute atomic E-state index is 0.0310. The first-order chi connectivity index (χ1) is 15.1. The number of benzene rings is 1. The van der Waals surface area contributed by atoms with Gasteiger partial charge >= 0.3 is 0 Å². The number of aliphatic imine (C=N–C) groups is 1. The lowest BCUT2D eigenvalue weighted by atomic mass is 10.1. The summed E-state index contributed by atoms with van der Waals surface area (Å²) in [4.78, 5) is 22.4. The molecule has 1 aromatic heterocycles. The number of rotatable bonds is 4. The minimum atomic E-state index is -2.77. The van der Waals surface area contributed by atoms with E-state index in [1.165, 1.54) is 24.4 Å². The summed E-state index contributed by atoms with van der Waals surface area (Å²) < 4.78 is 41.7. The number of nitrogens with one attached hydrogen (secondary N) is 1. The van der Waals surface area contributed by atoms with Crippen molar-refractivity contribution in [2.24, 2.45) is 10.7 Å². The number of nitriles is 1. The van der Waals surface area contributed by atoms with Crippen LogP contribution < -0.4 is 16.0 Å². The Kier molecular flexibility index (Phi) is 6.89. The molecule has 0 saturated carbocycles. The maximum Gasteiger partial charge on any atom is 0.259 e. The van der Waals surface area contributed by atoms with Crippen LogP contribution in [-0.4, -0.2) is 35.7 Å². The molecule has 1 amide bonds. The van der Waals surface area contributed by atoms with E-state index >= 15 is 0 Å². The van der Waals surface area contributed by atoms with E-state index in [4.69, 9.17) is 22.6 Å². The van der Waals surface area contributed by atoms with Gasteiger partial charge < -0.3 is 16.0 Å². The Labute approximate surface area is 187 Å². The summed E-state index contributed by atoms with van der Waals surface area (Å²) in [5.74, 6) is -4.19. The predicted molar refractivity (Wildman–Crippen MR) is 116 cm³/mol. The van der Waals surface area contributed by atoms with E-state index in [0.29, 0.717) is 12.2 Å². The monoisotopic (exact) mass is 464 g/mol. The molecule has 0 radical (unpaired) electrons. The number of amides is 1. The Morgan fingerprint density at radius 2 is 2.06 bits per heavy atom. The third-order valence-corrected chi connectivity index (χ3v) is 5.45. The van der Waals surface area contributed by atoms with Gasteiger partial charge in [0.05, 0.1) is 21.8 Å². The Hall–Kier alpha value is -3.32. The maximum atomic E-state index is 14.0. The zero-order valence-corrected chi connectivity index (χ0v) is 17.9. The van der Waals surface area contributed by atoms with Crippen LogP contribution in [0, 0.1) is 24.2 Å². The number of halogens is 4. The molecule has 0 bridgehead atoms. The molecule has 0 spiro atoms.